The molecule has 0 spiro atoms. The molecule has 1 aromatic heterocycles. The first-order valence-electron chi connectivity index (χ1n) is 5.79. The molecular formula is C12H18N2O3. The molecule has 1 atom stereocenters. The molecule has 1 amide bonds. The van der Waals surface area contributed by atoms with Crippen LogP contribution in [0.2, 0.25) is 0 Å². The van der Waals surface area contributed by atoms with E-state index in [0.717, 1.165) is 13.0 Å². The van der Waals surface area contributed by atoms with Crippen LogP contribution in [0.15, 0.2) is 18.3 Å². The molecule has 1 unspecified atom stereocenters. The lowest BCUT2D eigenvalue weighted by Gasteiger charge is -2.13. The molecule has 0 radical (unpaired) electrons. The van der Waals surface area contributed by atoms with Gasteiger partial charge in [0, 0.05) is 12.7 Å². The average Bonchev–Trinajstić information content (AvgIpc) is 2.74. The molecule has 0 bridgehead atoms. The summed E-state index contributed by atoms with van der Waals surface area (Å²) in [5, 5.41) is 11.4. The maximum absolute atomic E-state index is 11.9. The molecule has 0 saturated carbocycles. The Bertz CT molecular complexity index is 398. The molecule has 1 aromatic rings. The van der Waals surface area contributed by atoms with Crippen LogP contribution >= 0.6 is 0 Å². The van der Waals surface area contributed by atoms with Crippen LogP contribution in [-0.2, 0) is 11.3 Å². The van der Waals surface area contributed by atoms with Gasteiger partial charge in [0.2, 0.25) is 0 Å². The number of rotatable bonds is 6. The molecule has 0 aliphatic heterocycles. The van der Waals surface area contributed by atoms with Gasteiger partial charge in [-0.3, -0.25) is 4.79 Å². The third-order valence-corrected chi connectivity index (χ3v) is 2.54. The monoisotopic (exact) mass is 238 g/mol. The van der Waals surface area contributed by atoms with E-state index in [9.17, 15) is 9.59 Å². The van der Waals surface area contributed by atoms with Crippen LogP contribution in [0.1, 0.15) is 37.2 Å². The van der Waals surface area contributed by atoms with Gasteiger partial charge in [-0.05, 0) is 25.0 Å². The summed E-state index contributed by atoms with van der Waals surface area (Å²) in [6.07, 6.45) is 3.11. The molecular weight excluding hydrogens is 220 g/mol. The summed E-state index contributed by atoms with van der Waals surface area (Å²) in [7, 11) is 0. The van der Waals surface area contributed by atoms with E-state index < -0.39 is 12.0 Å². The Balaban J connectivity index is 2.75. The van der Waals surface area contributed by atoms with Crippen molar-refractivity contribution in [2.45, 2.75) is 39.3 Å². The molecule has 2 N–H and O–H groups in total. The second-order valence-corrected chi connectivity index (χ2v) is 3.86. The summed E-state index contributed by atoms with van der Waals surface area (Å²) in [6.45, 7) is 4.50. The second kappa shape index (κ2) is 6.08. The summed E-state index contributed by atoms with van der Waals surface area (Å²) in [6, 6.07) is 2.65. The van der Waals surface area contributed by atoms with Crippen molar-refractivity contribution < 1.29 is 14.7 Å². The van der Waals surface area contributed by atoms with E-state index in [-0.39, 0.29) is 5.91 Å². The lowest BCUT2D eigenvalue weighted by atomic mass is 10.2. The van der Waals surface area contributed by atoms with Crippen molar-refractivity contribution in [3.8, 4) is 0 Å². The van der Waals surface area contributed by atoms with Crippen LogP contribution < -0.4 is 5.32 Å². The van der Waals surface area contributed by atoms with Gasteiger partial charge in [-0.25, -0.2) is 4.79 Å². The van der Waals surface area contributed by atoms with Gasteiger partial charge in [-0.2, -0.15) is 0 Å². The van der Waals surface area contributed by atoms with Crippen molar-refractivity contribution in [2.75, 3.05) is 0 Å². The molecule has 5 nitrogen and oxygen atoms in total. The normalized spacial score (nSPS) is 12.1. The van der Waals surface area contributed by atoms with Crippen LogP contribution in [0, 0.1) is 0 Å². The number of hydrogen-bond donors (Lipinski definition) is 2. The zero-order valence-corrected chi connectivity index (χ0v) is 10.1. The average molecular weight is 238 g/mol. The Hall–Kier alpha value is -1.78. The second-order valence-electron chi connectivity index (χ2n) is 3.86. The molecule has 0 aromatic carbocycles. The van der Waals surface area contributed by atoms with Crippen molar-refractivity contribution in [1.29, 1.82) is 0 Å². The topological polar surface area (TPSA) is 71.3 Å². The summed E-state index contributed by atoms with van der Waals surface area (Å²) >= 11 is 0. The van der Waals surface area contributed by atoms with Crippen molar-refractivity contribution in [2.24, 2.45) is 0 Å². The predicted molar refractivity (Wildman–Crippen MR) is 63.9 cm³/mol. The Morgan fingerprint density at radius 1 is 1.47 bits per heavy atom. The Morgan fingerprint density at radius 2 is 2.18 bits per heavy atom. The molecule has 17 heavy (non-hydrogen) atoms. The Morgan fingerprint density at radius 3 is 2.71 bits per heavy atom. The number of aliphatic carboxylic acids is 1. The van der Waals surface area contributed by atoms with Gasteiger partial charge >= 0.3 is 5.97 Å². The Labute approximate surface area is 100 Å². The Kier molecular flexibility index (Phi) is 4.75. The van der Waals surface area contributed by atoms with Crippen molar-refractivity contribution in [3.63, 3.8) is 0 Å². The van der Waals surface area contributed by atoms with Crippen molar-refractivity contribution >= 4 is 11.9 Å². The van der Waals surface area contributed by atoms with Gasteiger partial charge in [0.25, 0.3) is 5.91 Å². The van der Waals surface area contributed by atoms with Gasteiger partial charge in [-0.15, -0.1) is 0 Å². The number of carboxylic acids is 1. The van der Waals surface area contributed by atoms with E-state index in [1.807, 2.05) is 17.7 Å². The quantitative estimate of drug-likeness (QED) is 0.788. The number of aryl methyl sites for hydroxylation is 1. The molecule has 0 saturated heterocycles. The molecule has 0 aliphatic rings. The van der Waals surface area contributed by atoms with Crippen LogP contribution in [0.3, 0.4) is 0 Å². The van der Waals surface area contributed by atoms with E-state index in [1.54, 1.807) is 19.1 Å². The summed E-state index contributed by atoms with van der Waals surface area (Å²) in [5.74, 6) is -1.34. The number of carbonyl (C=O) groups excluding carboxylic acids is 1. The van der Waals surface area contributed by atoms with Gasteiger partial charge in [0.15, 0.2) is 0 Å². The molecule has 94 valence electrons. The standard InChI is InChI=1S/C12H18N2O3/c1-3-7-14-8-5-6-10(14)11(15)13-9(4-2)12(16)17/h5-6,8-9H,3-4,7H2,1-2H3,(H,13,15)(H,16,17). The number of aromatic nitrogens is 1. The third-order valence-electron chi connectivity index (χ3n) is 2.54. The SMILES string of the molecule is CCCn1cccc1C(=O)NC(CC)C(=O)O. The minimum Gasteiger partial charge on any atom is -0.480 e. The predicted octanol–water partition coefficient (Wildman–Crippen LogP) is 1.49. The number of amides is 1. The van der Waals surface area contributed by atoms with Gasteiger partial charge < -0.3 is 15.0 Å². The minimum atomic E-state index is -1.01. The van der Waals surface area contributed by atoms with Crippen LogP contribution in [0.4, 0.5) is 0 Å². The minimum absolute atomic E-state index is 0.335. The first-order chi connectivity index (χ1) is 8.10. The van der Waals surface area contributed by atoms with Crippen LogP contribution in [0.25, 0.3) is 0 Å². The van der Waals surface area contributed by atoms with Gasteiger partial charge in [-0.1, -0.05) is 13.8 Å². The maximum Gasteiger partial charge on any atom is 0.326 e. The van der Waals surface area contributed by atoms with Crippen LogP contribution in [-0.4, -0.2) is 27.6 Å². The fraction of sp³-hybridized carbons (Fsp3) is 0.500. The van der Waals surface area contributed by atoms with E-state index in [4.69, 9.17) is 5.11 Å². The van der Waals surface area contributed by atoms with E-state index >= 15 is 0 Å². The lowest BCUT2D eigenvalue weighted by Crippen LogP contribution is -2.40. The number of carboxylic acid groups (broad SMARTS) is 1. The summed E-state index contributed by atoms with van der Waals surface area (Å²) < 4.78 is 1.82. The molecule has 1 rings (SSSR count). The smallest absolute Gasteiger partial charge is 0.326 e. The van der Waals surface area contributed by atoms with E-state index in [2.05, 4.69) is 5.32 Å². The third kappa shape index (κ3) is 3.34. The molecule has 0 fully saturated rings. The molecule has 5 heteroatoms. The number of nitrogens with zero attached hydrogens (tertiary/aromatic N) is 1. The lowest BCUT2D eigenvalue weighted by molar-refractivity contribution is -0.139. The molecule has 0 aliphatic carbocycles. The fourth-order valence-corrected chi connectivity index (χ4v) is 1.63. The van der Waals surface area contributed by atoms with Gasteiger partial charge in [0.05, 0.1) is 0 Å². The van der Waals surface area contributed by atoms with Crippen LogP contribution in [0.5, 0.6) is 0 Å². The number of nitrogens with one attached hydrogen (secondary N) is 1. The highest BCUT2D eigenvalue weighted by atomic mass is 16.4. The van der Waals surface area contributed by atoms with Crippen molar-refractivity contribution in [1.82, 2.24) is 9.88 Å². The van der Waals surface area contributed by atoms with Gasteiger partial charge in [0.1, 0.15) is 11.7 Å². The van der Waals surface area contributed by atoms with Crippen molar-refractivity contribution in [3.05, 3.63) is 24.0 Å². The first kappa shape index (κ1) is 13.3. The summed E-state index contributed by atoms with van der Waals surface area (Å²) in [5.41, 5.74) is 0.506. The maximum atomic E-state index is 11.9. The summed E-state index contributed by atoms with van der Waals surface area (Å²) in [4.78, 5) is 22.7. The largest absolute Gasteiger partial charge is 0.480 e. The van der Waals surface area contributed by atoms with E-state index in [1.165, 1.54) is 0 Å². The first-order valence-corrected chi connectivity index (χ1v) is 5.79. The number of carbonyl (C=O) groups is 2. The van der Waals surface area contributed by atoms with E-state index in [0.29, 0.717) is 12.1 Å². The highest BCUT2D eigenvalue weighted by Gasteiger charge is 2.19. The zero-order chi connectivity index (χ0) is 12.8. The number of hydrogen-bond acceptors (Lipinski definition) is 2. The highest BCUT2D eigenvalue weighted by Crippen LogP contribution is 2.04. The molecule has 1 heterocycles. The fourth-order valence-electron chi connectivity index (χ4n) is 1.63. The highest BCUT2D eigenvalue weighted by molar-refractivity contribution is 5.95. The zero-order valence-electron chi connectivity index (χ0n) is 10.1.